The van der Waals surface area contributed by atoms with E-state index in [1.165, 1.54) is 0 Å². The number of nitrogens with one attached hydrogen (secondary N) is 1. The fourth-order valence-electron chi connectivity index (χ4n) is 4.56. The van der Waals surface area contributed by atoms with Crippen LogP contribution in [0.4, 0.5) is 5.69 Å². The number of carbonyl (C=O) groups is 1. The molecule has 0 saturated carbocycles. The number of halogens is 1. The smallest absolute Gasteiger partial charge is 0.241 e. The number of anilines is 1. The van der Waals surface area contributed by atoms with Gasteiger partial charge in [-0.2, -0.15) is 4.98 Å². The van der Waals surface area contributed by atoms with Crippen molar-refractivity contribution in [2.75, 3.05) is 32.6 Å². The van der Waals surface area contributed by atoms with Crippen molar-refractivity contribution in [1.82, 2.24) is 15.0 Å². The lowest BCUT2D eigenvalue weighted by Gasteiger charge is -2.31. The van der Waals surface area contributed by atoms with Gasteiger partial charge in [0.25, 0.3) is 0 Å². The summed E-state index contributed by atoms with van der Waals surface area (Å²) in [7, 11) is 3.16. The van der Waals surface area contributed by atoms with Crippen molar-refractivity contribution in [3.63, 3.8) is 0 Å². The molecule has 1 aromatic heterocycles. The van der Waals surface area contributed by atoms with Gasteiger partial charge < -0.3 is 24.1 Å². The zero-order valence-electron chi connectivity index (χ0n) is 21.7. The normalized spacial score (nSPS) is 15.5. The lowest BCUT2D eigenvalue weighted by molar-refractivity contribution is -0.121. The highest BCUT2D eigenvalue weighted by atomic mass is 35.5. The minimum atomic E-state index is -0.212. The van der Waals surface area contributed by atoms with Gasteiger partial charge in [-0.15, -0.1) is 0 Å². The van der Waals surface area contributed by atoms with E-state index in [4.69, 9.17) is 30.3 Å². The summed E-state index contributed by atoms with van der Waals surface area (Å²) in [5.41, 5.74) is 1.29. The molecule has 0 spiro atoms. The molecule has 0 bridgehead atoms. The van der Waals surface area contributed by atoms with E-state index >= 15 is 0 Å². The van der Waals surface area contributed by atoms with E-state index in [0.29, 0.717) is 58.5 Å². The van der Waals surface area contributed by atoms with Crippen molar-refractivity contribution in [1.29, 1.82) is 0 Å². The van der Waals surface area contributed by atoms with Gasteiger partial charge in [0.2, 0.25) is 17.6 Å². The first kappa shape index (κ1) is 26.5. The molecule has 9 nitrogen and oxygen atoms in total. The van der Waals surface area contributed by atoms with Crippen molar-refractivity contribution in [3.8, 4) is 34.4 Å². The minimum absolute atomic E-state index is 0.0866. The van der Waals surface area contributed by atoms with Crippen LogP contribution in [0.5, 0.6) is 23.0 Å². The quantitative estimate of drug-likeness (QED) is 0.270. The largest absolute Gasteiger partial charge is 0.493 e. The lowest BCUT2D eigenvalue weighted by Crippen LogP contribution is -2.40. The predicted octanol–water partition coefficient (Wildman–Crippen LogP) is 6.05. The molecule has 5 rings (SSSR count). The number of methoxy groups -OCH3 is 2. The summed E-state index contributed by atoms with van der Waals surface area (Å²) >= 11 is 6.23. The van der Waals surface area contributed by atoms with E-state index in [0.717, 1.165) is 24.9 Å². The molecular formula is C29H29ClN4O5. The summed E-state index contributed by atoms with van der Waals surface area (Å²) in [6, 6.07) is 20.0. The van der Waals surface area contributed by atoms with E-state index in [9.17, 15) is 4.79 Å². The zero-order valence-corrected chi connectivity index (χ0v) is 22.5. The van der Waals surface area contributed by atoms with E-state index in [-0.39, 0.29) is 11.8 Å². The molecule has 1 aliphatic heterocycles. The summed E-state index contributed by atoms with van der Waals surface area (Å²) in [6.07, 6.45) is 1.65. The van der Waals surface area contributed by atoms with Gasteiger partial charge in [0.1, 0.15) is 5.75 Å². The maximum Gasteiger partial charge on any atom is 0.241 e. The number of likely N-dealkylation sites (tertiary alicyclic amines) is 1. The van der Waals surface area contributed by atoms with Gasteiger partial charge in [-0.3, -0.25) is 9.69 Å². The topological polar surface area (TPSA) is 99.0 Å². The summed E-state index contributed by atoms with van der Waals surface area (Å²) in [6.45, 7) is 1.84. The number of para-hydroxylation sites is 1. The maximum absolute atomic E-state index is 13.3. The Bertz CT molecular complexity index is 1430. The lowest BCUT2D eigenvalue weighted by atomic mass is 9.97. The van der Waals surface area contributed by atoms with Gasteiger partial charge in [-0.25, -0.2) is 0 Å². The zero-order chi connectivity index (χ0) is 27.2. The third kappa shape index (κ3) is 6.50. The first-order chi connectivity index (χ1) is 19.0. The van der Waals surface area contributed by atoms with Crippen molar-refractivity contribution < 1.29 is 23.5 Å². The molecule has 1 aliphatic rings. The van der Waals surface area contributed by atoms with Crippen molar-refractivity contribution in [2.45, 2.75) is 19.4 Å². The van der Waals surface area contributed by atoms with Crippen LogP contribution in [0.25, 0.3) is 11.4 Å². The Balaban J connectivity index is 1.23. The number of piperidine rings is 1. The number of carbonyl (C=O) groups excluding carboxylic acids is 1. The van der Waals surface area contributed by atoms with Crippen molar-refractivity contribution in [3.05, 3.63) is 77.6 Å². The maximum atomic E-state index is 13.3. The first-order valence-electron chi connectivity index (χ1n) is 12.6. The molecule has 1 fully saturated rings. The van der Waals surface area contributed by atoms with E-state index in [1.807, 2.05) is 36.4 Å². The SMILES string of the molecule is COc1ccc(-c2noc(CN3CCCC(C(=O)Nc4cc(Cl)ccc4Oc4ccccc4)C3)n2)cc1OC. The number of hydrogen-bond donors (Lipinski definition) is 1. The van der Waals surface area contributed by atoms with Crippen LogP contribution in [0.15, 0.2) is 71.3 Å². The number of aromatic nitrogens is 2. The highest BCUT2D eigenvalue weighted by Gasteiger charge is 2.28. The second-order valence-corrected chi connectivity index (χ2v) is 9.64. The number of rotatable bonds is 9. The van der Waals surface area contributed by atoms with Crippen molar-refractivity contribution in [2.24, 2.45) is 5.92 Å². The van der Waals surface area contributed by atoms with Crippen molar-refractivity contribution >= 4 is 23.2 Å². The Morgan fingerprint density at radius 2 is 1.85 bits per heavy atom. The molecule has 1 atom stereocenters. The van der Waals surface area contributed by atoms with Crippen LogP contribution in [-0.2, 0) is 11.3 Å². The predicted molar refractivity (Wildman–Crippen MR) is 147 cm³/mol. The van der Waals surface area contributed by atoms with Crippen LogP contribution in [0.1, 0.15) is 18.7 Å². The average Bonchev–Trinajstić information content (AvgIpc) is 3.43. The standard InChI is InChI=1S/C29H29ClN4O5/c1-36-25-12-10-19(15-26(25)37-2)28-32-27(39-33-28)18-34-14-6-7-20(17-34)29(35)31-23-16-21(30)11-13-24(23)38-22-8-4-3-5-9-22/h3-5,8-13,15-16,20H,6-7,14,17-18H2,1-2H3,(H,31,35). The molecule has 39 heavy (non-hydrogen) atoms. The number of nitrogens with zero attached hydrogens (tertiary/aromatic N) is 3. The van der Waals surface area contributed by atoms with Crippen LogP contribution in [0, 0.1) is 5.92 Å². The summed E-state index contributed by atoms with van der Waals surface area (Å²) in [5.74, 6) is 3.05. The van der Waals surface area contributed by atoms with Gasteiger partial charge in [0, 0.05) is 17.1 Å². The molecule has 0 aliphatic carbocycles. The molecule has 4 aromatic rings. The molecule has 1 saturated heterocycles. The number of amides is 1. The van der Waals surface area contributed by atoms with Crippen LogP contribution in [-0.4, -0.2) is 48.3 Å². The molecule has 3 aromatic carbocycles. The average molecular weight is 549 g/mol. The number of hydrogen-bond acceptors (Lipinski definition) is 8. The molecular weight excluding hydrogens is 520 g/mol. The Labute approximate surface area is 231 Å². The highest BCUT2D eigenvalue weighted by molar-refractivity contribution is 6.31. The molecule has 1 N–H and O–H groups in total. The third-order valence-corrected chi connectivity index (χ3v) is 6.75. The Hall–Kier alpha value is -4.08. The van der Waals surface area contributed by atoms with E-state index in [1.54, 1.807) is 44.6 Å². The van der Waals surface area contributed by atoms with Gasteiger partial charge in [0.15, 0.2) is 17.2 Å². The van der Waals surface area contributed by atoms with Gasteiger partial charge >= 0.3 is 0 Å². The van der Waals surface area contributed by atoms with Crippen LogP contribution in [0.3, 0.4) is 0 Å². The van der Waals surface area contributed by atoms with Gasteiger partial charge in [0.05, 0.1) is 32.4 Å². The van der Waals surface area contributed by atoms with Crippen LogP contribution >= 0.6 is 11.6 Å². The third-order valence-electron chi connectivity index (χ3n) is 6.52. The Morgan fingerprint density at radius 3 is 2.64 bits per heavy atom. The van der Waals surface area contributed by atoms with E-state index < -0.39 is 0 Å². The summed E-state index contributed by atoms with van der Waals surface area (Å²) < 4.78 is 22.2. The minimum Gasteiger partial charge on any atom is -0.493 e. The first-order valence-corrected chi connectivity index (χ1v) is 13.0. The van der Waals surface area contributed by atoms with Crippen LogP contribution < -0.4 is 19.5 Å². The Kier molecular flexibility index (Phi) is 8.29. The Morgan fingerprint density at radius 1 is 1.05 bits per heavy atom. The summed E-state index contributed by atoms with van der Waals surface area (Å²) in [4.78, 5) is 20.0. The second-order valence-electron chi connectivity index (χ2n) is 9.20. The fourth-order valence-corrected chi connectivity index (χ4v) is 4.73. The van der Waals surface area contributed by atoms with Crippen LogP contribution in [0.2, 0.25) is 5.02 Å². The monoisotopic (exact) mass is 548 g/mol. The summed E-state index contributed by atoms with van der Waals surface area (Å²) in [5, 5.41) is 7.66. The highest BCUT2D eigenvalue weighted by Crippen LogP contribution is 2.34. The molecule has 202 valence electrons. The molecule has 1 unspecified atom stereocenters. The molecule has 0 radical (unpaired) electrons. The number of ether oxygens (including phenoxy) is 3. The number of benzene rings is 3. The van der Waals surface area contributed by atoms with E-state index in [2.05, 4.69) is 20.4 Å². The fraction of sp³-hybridized carbons (Fsp3) is 0.276. The molecule has 10 heteroatoms. The molecule has 2 heterocycles. The second kappa shape index (κ2) is 12.2. The van der Waals surface area contributed by atoms with Gasteiger partial charge in [-0.05, 0) is 67.9 Å². The molecule has 1 amide bonds. The van der Waals surface area contributed by atoms with Gasteiger partial charge in [-0.1, -0.05) is 35.0 Å².